The number of ether oxygens (including phenoxy) is 5. The van der Waals surface area contributed by atoms with Crippen molar-refractivity contribution in [2.45, 2.75) is 50.3 Å². The summed E-state index contributed by atoms with van der Waals surface area (Å²) in [5.41, 5.74) is 3.00. The maximum absolute atomic E-state index is 12.9. The van der Waals surface area contributed by atoms with E-state index >= 15 is 0 Å². The van der Waals surface area contributed by atoms with Gasteiger partial charge >= 0.3 is 5.97 Å². The molecule has 1 amide bonds. The van der Waals surface area contributed by atoms with Gasteiger partial charge in [0.25, 0.3) is 0 Å². The number of hydrogen-bond donors (Lipinski definition) is 1. The molecule has 0 radical (unpaired) electrons. The molecule has 204 valence electrons. The largest absolute Gasteiger partial charge is 0.468 e. The number of benzene rings is 3. The van der Waals surface area contributed by atoms with Gasteiger partial charge in [0, 0.05) is 0 Å². The number of rotatable bonds is 11. The van der Waals surface area contributed by atoms with Gasteiger partial charge in [-0.25, -0.2) is 0 Å². The summed E-state index contributed by atoms with van der Waals surface area (Å²) in [5.74, 6) is -2.19. The SMILES string of the molecule is COC(=O)[C@H]1C(=O)N[C@@H]2[C@@H](OCc3ccccc3)[C@H](OCc3ccccc3)[C@@H](COCc3ccccc3)O[C@@H]12. The van der Waals surface area contributed by atoms with Crippen LogP contribution < -0.4 is 5.32 Å². The van der Waals surface area contributed by atoms with Crippen molar-refractivity contribution in [3.8, 4) is 0 Å². The van der Waals surface area contributed by atoms with Crippen molar-refractivity contribution in [3.05, 3.63) is 108 Å². The summed E-state index contributed by atoms with van der Waals surface area (Å²) in [7, 11) is 1.27. The second-order valence-electron chi connectivity index (χ2n) is 9.70. The van der Waals surface area contributed by atoms with Crippen molar-refractivity contribution in [1.82, 2.24) is 5.32 Å². The Kier molecular flexibility index (Phi) is 9.00. The van der Waals surface area contributed by atoms with E-state index in [2.05, 4.69) is 5.32 Å². The van der Waals surface area contributed by atoms with Gasteiger partial charge in [-0.05, 0) is 16.7 Å². The summed E-state index contributed by atoms with van der Waals surface area (Å²) < 4.78 is 30.3. The molecule has 1 N–H and O–H groups in total. The lowest BCUT2D eigenvalue weighted by molar-refractivity contribution is -0.231. The zero-order valence-corrected chi connectivity index (χ0v) is 21.8. The van der Waals surface area contributed by atoms with Crippen LogP contribution in [0.25, 0.3) is 0 Å². The molecule has 2 heterocycles. The third kappa shape index (κ3) is 6.54. The minimum Gasteiger partial charge on any atom is -0.468 e. The monoisotopic (exact) mass is 531 g/mol. The van der Waals surface area contributed by atoms with Crippen LogP contribution in [0, 0.1) is 5.92 Å². The van der Waals surface area contributed by atoms with E-state index < -0.39 is 48.3 Å². The van der Waals surface area contributed by atoms with Crippen molar-refractivity contribution in [2.24, 2.45) is 5.92 Å². The molecule has 0 aromatic heterocycles. The van der Waals surface area contributed by atoms with E-state index in [1.54, 1.807) is 0 Å². The molecule has 2 aliphatic heterocycles. The fourth-order valence-electron chi connectivity index (χ4n) is 5.12. The molecule has 0 spiro atoms. The normalized spacial score (nSPS) is 26.0. The number of fused-ring (bicyclic) bond motifs is 1. The van der Waals surface area contributed by atoms with Gasteiger partial charge in [0.2, 0.25) is 5.91 Å². The lowest BCUT2D eigenvalue weighted by Crippen LogP contribution is -2.62. The molecule has 39 heavy (non-hydrogen) atoms. The van der Waals surface area contributed by atoms with Gasteiger partial charge in [0.05, 0.1) is 39.6 Å². The molecule has 0 saturated carbocycles. The second kappa shape index (κ2) is 13.0. The number of esters is 1. The summed E-state index contributed by atoms with van der Waals surface area (Å²) in [6.07, 6.45) is -2.56. The molecule has 0 bridgehead atoms. The van der Waals surface area contributed by atoms with E-state index in [1.165, 1.54) is 7.11 Å². The van der Waals surface area contributed by atoms with E-state index in [1.807, 2.05) is 91.0 Å². The highest BCUT2D eigenvalue weighted by atomic mass is 16.6. The lowest BCUT2D eigenvalue weighted by Gasteiger charge is -2.44. The lowest BCUT2D eigenvalue weighted by atomic mass is 9.89. The maximum atomic E-state index is 12.9. The van der Waals surface area contributed by atoms with E-state index in [9.17, 15) is 9.59 Å². The van der Waals surface area contributed by atoms with Gasteiger partial charge in [-0.15, -0.1) is 0 Å². The van der Waals surface area contributed by atoms with Gasteiger partial charge in [0.1, 0.15) is 24.4 Å². The molecule has 2 saturated heterocycles. The minimum absolute atomic E-state index is 0.185. The number of carbonyl (C=O) groups is 2. The molecule has 6 atom stereocenters. The first-order valence-corrected chi connectivity index (χ1v) is 13.1. The first-order valence-electron chi connectivity index (χ1n) is 13.1. The standard InChI is InChI=1S/C31H33NO7/c1-35-31(34)25-28-26(32-30(25)33)29(38-19-23-15-9-4-10-16-23)27(37-18-22-13-7-3-8-14-22)24(39-28)20-36-17-21-11-5-2-6-12-21/h2-16,24-29H,17-20H2,1H3,(H,32,33)/t24-,25-,26+,27-,28+,29-/m1/s1. The Morgan fingerprint density at radius 3 is 1.82 bits per heavy atom. The van der Waals surface area contributed by atoms with Crippen LogP contribution in [0.3, 0.4) is 0 Å². The summed E-state index contributed by atoms with van der Waals surface area (Å²) in [6, 6.07) is 28.8. The number of amides is 1. The molecule has 3 aromatic carbocycles. The molecule has 2 fully saturated rings. The minimum atomic E-state index is -1.10. The smallest absolute Gasteiger partial charge is 0.321 e. The van der Waals surface area contributed by atoms with Crippen LogP contribution >= 0.6 is 0 Å². The van der Waals surface area contributed by atoms with Crippen molar-refractivity contribution < 1.29 is 33.3 Å². The highest BCUT2D eigenvalue weighted by Crippen LogP contribution is 2.35. The van der Waals surface area contributed by atoms with E-state index in [0.29, 0.717) is 19.8 Å². The van der Waals surface area contributed by atoms with E-state index in [0.717, 1.165) is 16.7 Å². The van der Waals surface area contributed by atoms with Crippen LogP contribution in [0.2, 0.25) is 0 Å². The topological polar surface area (TPSA) is 92.3 Å². The fourth-order valence-corrected chi connectivity index (χ4v) is 5.12. The van der Waals surface area contributed by atoms with Crippen LogP contribution in [0.4, 0.5) is 0 Å². The van der Waals surface area contributed by atoms with Crippen LogP contribution in [0.5, 0.6) is 0 Å². The number of hydrogen-bond acceptors (Lipinski definition) is 7. The Bertz CT molecular complexity index is 1210. The van der Waals surface area contributed by atoms with Crippen molar-refractivity contribution in [1.29, 1.82) is 0 Å². The number of methoxy groups -OCH3 is 1. The molecular weight excluding hydrogens is 498 g/mol. The molecule has 3 aromatic rings. The second-order valence-corrected chi connectivity index (χ2v) is 9.70. The third-order valence-electron chi connectivity index (χ3n) is 7.07. The molecule has 0 unspecified atom stereocenters. The van der Waals surface area contributed by atoms with E-state index in [4.69, 9.17) is 23.7 Å². The van der Waals surface area contributed by atoms with Gasteiger partial charge < -0.3 is 29.0 Å². The van der Waals surface area contributed by atoms with Crippen molar-refractivity contribution in [3.63, 3.8) is 0 Å². The predicted octanol–water partition coefficient (Wildman–Crippen LogP) is 3.43. The summed E-state index contributed by atoms with van der Waals surface area (Å²) in [5, 5.41) is 2.93. The number of carbonyl (C=O) groups excluding carboxylic acids is 2. The molecule has 0 aliphatic carbocycles. The summed E-state index contributed by atoms with van der Waals surface area (Å²) >= 11 is 0. The highest BCUT2D eigenvalue weighted by Gasteiger charge is 2.58. The average molecular weight is 532 g/mol. The van der Waals surface area contributed by atoms with Crippen molar-refractivity contribution in [2.75, 3.05) is 13.7 Å². The highest BCUT2D eigenvalue weighted by molar-refractivity contribution is 6.00. The van der Waals surface area contributed by atoms with Crippen molar-refractivity contribution >= 4 is 11.9 Å². The van der Waals surface area contributed by atoms with Gasteiger partial charge in [-0.2, -0.15) is 0 Å². The van der Waals surface area contributed by atoms with Crippen LogP contribution in [0.15, 0.2) is 91.0 Å². The zero-order valence-electron chi connectivity index (χ0n) is 21.8. The Morgan fingerprint density at radius 2 is 1.28 bits per heavy atom. The first-order chi connectivity index (χ1) is 19.1. The van der Waals surface area contributed by atoms with Crippen LogP contribution in [-0.2, 0) is 53.1 Å². The average Bonchev–Trinajstić information content (AvgIpc) is 3.31. The predicted molar refractivity (Wildman–Crippen MR) is 142 cm³/mol. The van der Waals surface area contributed by atoms with Crippen LogP contribution in [0.1, 0.15) is 16.7 Å². The van der Waals surface area contributed by atoms with Gasteiger partial charge in [-0.1, -0.05) is 91.0 Å². The molecular formula is C31H33NO7. The number of nitrogens with one attached hydrogen (secondary N) is 1. The Balaban J connectivity index is 1.41. The van der Waals surface area contributed by atoms with Crippen LogP contribution in [-0.4, -0.2) is 56.1 Å². The molecule has 8 nitrogen and oxygen atoms in total. The summed E-state index contributed by atoms with van der Waals surface area (Å²) in [4.78, 5) is 25.5. The fraction of sp³-hybridized carbons (Fsp3) is 0.355. The Labute approximate surface area is 228 Å². The molecule has 8 heteroatoms. The Hall–Kier alpha value is -3.56. The summed E-state index contributed by atoms with van der Waals surface area (Å²) in [6.45, 7) is 1.19. The molecule has 2 aliphatic rings. The Morgan fingerprint density at radius 1 is 0.769 bits per heavy atom. The third-order valence-corrected chi connectivity index (χ3v) is 7.07. The molecule has 5 rings (SSSR count). The maximum Gasteiger partial charge on any atom is 0.321 e. The van der Waals surface area contributed by atoms with Gasteiger partial charge in [-0.3, -0.25) is 9.59 Å². The van der Waals surface area contributed by atoms with Gasteiger partial charge in [0.15, 0.2) is 5.92 Å². The zero-order chi connectivity index (χ0) is 27.0. The quantitative estimate of drug-likeness (QED) is 0.299. The van der Waals surface area contributed by atoms with E-state index in [-0.39, 0.29) is 6.61 Å². The first kappa shape index (κ1) is 27.0.